The van der Waals surface area contributed by atoms with E-state index in [4.69, 9.17) is 0 Å². The first-order valence-electron chi connectivity index (χ1n) is 8.69. The number of aliphatic hydroxyl groups is 1. The fourth-order valence-corrected chi connectivity index (χ4v) is 3.27. The molecule has 128 valence electrons. The summed E-state index contributed by atoms with van der Waals surface area (Å²) >= 11 is 0. The highest BCUT2D eigenvalue weighted by Crippen LogP contribution is 2.22. The van der Waals surface area contributed by atoms with E-state index < -0.39 is 0 Å². The van der Waals surface area contributed by atoms with E-state index in [9.17, 15) is 9.90 Å². The van der Waals surface area contributed by atoms with Crippen LogP contribution in [0.15, 0.2) is 24.3 Å². The number of benzene rings is 1. The second kappa shape index (κ2) is 7.82. The summed E-state index contributed by atoms with van der Waals surface area (Å²) in [7, 11) is 0. The van der Waals surface area contributed by atoms with Crippen molar-refractivity contribution in [1.82, 2.24) is 5.32 Å². The molecular weight excluding hydrogens is 288 g/mol. The molecule has 1 saturated heterocycles. The smallest absolute Gasteiger partial charge is 0.251 e. The van der Waals surface area contributed by atoms with Crippen LogP contribution in [0.5, 0.6) is 0 Å². The Balaban J connectivity index is 1.89. The zero-order valence-corrected chi connectivity index (χ0v) is 14.6. The molecule has 1 amide bonds. The van der Waals surface area contributed by atoms with Crippen LogP contribution in [0, 0.1) is 5.41 Å². The molecule has 2 N–H and O–H groups in total. The number of hydrogen-bond acceptors (Lipinski definition) is 3. The lowest BCUT2D eigenvalue weighted by Crippen LogP contribution is -2.35. The molecule has 1 aromatic rings. The van der Waals surface area contributed by atoms with Crippen LogP contribution < -0.4 is 10.2 Å². The molecule has 0 bridgehead atoms. The predicted molar refractivity (Wildman–Crippen MR) is 94.9 cm³/mol. The number of nitrogens with zero attached hydrogens (tertiary/aromatic N) is 1. The van der Waals surface area contributed by atoms with Crippen molar-refractivity contribution in [2.45, 2.75) is 52.6 Å². The van der Waals surface area contributed by atoms with Crippen LogP contribution in [0.25, 0.3) is 0 Å². The van der Waals surface area contributed by atoms with Gasteiger partial charge in [-0.3, -0.25) is 4.79 Å². The average Bonchev–Trinajstić information content (AvgIpc) is 2.52. The van der Waals surface area contributed by atoms with Gasteiger partial charge in [0.05, 0.1) is 6.10 Å². The fourth-order valence-electron chi connectivity index (χ4n) is 3.27. The molecule has 23 heavy (non-hydrogen) atoms. The Bertz CT molecular complexity index is 503. The van der Waals surface area contributed by atoms with Crippen LogP contribution >= 0.6 is 0 Å². The molecule has 1 aliphatic heterocycles. The van der Waals surface area contributed by atoms with Gasteiger partial charge in [0.25, 0.3) is 5.91 Å². The van der Waals surface area contributed by atoms with Crippen LogP contribution in [-0.2, 0) is 0 Å². The van der Waals surface area contributed by atoms with Crippen molar-refractivity contribution in [2.24, 2.45) is 5.41 Å². The van der Waals surface area contributed by atoms with Crippen molar-refractivity contribution in [3.05, 3.63) is 29.8 Å². The predicted octanol–water partition coefficient (Wildman–Crippen LogP) is 3.20. The third-order valence-corrected chi connectivity index (χ3v) is 4.43. The zero-order valence-electron chi connectivity index (χ0n) is 14.6. The van der Waals surface area contributed by atoms with E-state index in [-0.39, 0.29) is 17.4 Å². The number of amides is 1. The molecule has 1 atom stereocenters. The summed E-state index contributed by atoms with van der Waals surface area (Å²) in [5, 5.41) is 12.5. The van der Waals surface area contributed by atoms with Gasteiger partial charge in [0.15, 0.2) is 0 Å². The summed E-state index contributed by atoms with van der Waals surface area (Å²) in [6.45, 7) is 8.67. The molecular formula is C19H30N2O2. The molecule has 0 saturated carbocycles. The van der Waals surface area contributed by atoms with Gasteiger partial charge in [-0.1, -0.05) is 13.8 Å². The molecule has 0 aliphatic carbocycles. The standard InChI is InChI=1S/C19H30N2O2/c1-15(22)13-19(2,3)14-20-18(23)16-7-9-17(10-8-16)21-11-5-4-6-12-21/h7-10,15,22H,4-6,11-14H2,1-3H3,(H,20,23). The summed E-state index contributed by atoms with van der Waals surface area (Å²) in [5.74, 6) is -0.0473. The Labute approximate surface area is 139 Å². The topological polar surface area (TPSA) is 52.6 Å². The lowest BCUT2D eigenvalue weighted by molar-refractivity contribution is 0.0902. The number of piperidine rings is 1. The summed E-state index contributed by atoms with van der Waals surface area (Å²) in [4.78, 5) is 14.7. The minimum atomic E-state index is -0.356. The normalized spacial score (nSPS) is 17.0. The van der Waals surface area contributed by atoms with E-state index in [0.717, 1.165) is 13.1 Å². The van der Waals surface area contributed by atoms with Crippen LogP contribution in [0.4, 0.5) is 5.69 Å². The first kappa shape index (κ1) is 17.8. The summed E-state index contributed by atoms with van der Waals surface area (Å²) in [6, 6.07) is 7.89. The maximum atomic E-state index is 12.3. The van der Waals surface area contributed by atoms with Gasteiger partial charge < -0.3 is 15.3 Å². The first-order chi connectivity index (χ1) is 10.9. The molecule has 1 fully saturated rings. The quantitative estimate of drug-likeness (QED) is 0.847. The van der Waals surface area contributed by atoms with Crippen molar-refractivity contribution in [2.75, 3.05) is 24.5 Å². The van der Waals surface area contributed by atoms with Crippen LogP contribution in [0.2, 0.25) is 0 Å². The monoisotopic (exact) mass is 318 g/mol. The first-order valence-corrected chi connectivity index (χ1v) is 8.69. The Morgan fingerprint density at radius 3 is 2.39 bits per heavy atom. The van der Waals surface area contributed by atoms with Crippen molar-refractivity contribution < 1.29 is 9.90 Å². The van der Waals surface area contributed by atoms with E-state index in [1.807, 2.05) is 24.3 Å². The van der Waals surface area contributed by atoms with Gasteiger partial charge in [0.1, 0.15) is 0 Å². The molecule has 0 spiro atoms. The third-order valence-electron chi connectivity index (χ3n) is 4.43. The Hall–Kier alpha value is -1.55. The van der Waals surface area contributed by atoms with Crippen LogP contribution in [-0.4, -0.2) is 36.8 Å². The second-order valence-corrected chi connectivity index (χ2v) is 7.49. The molecule has 2 rings (SSSR count). The number of carbonyl (C=O) groups excluding carboxylic acids is 1. The molecule has 4 nitrogen and oxygen atoms in total. The number of anilines is 1. The van der Waals surface area contributed by atoms with Crippen LogP contribution in [0.1, 0.15) is 56.8 Å². The maximum Gasteiger partial charge on any atom is 0.251 e. The lowest BCUT2D eigenvalue weighted by atomic mass is 9.87. The van der Waals surface area contributed by atoms with Crippen LogP contribution in [0.3, 0.4) is 0 Å². The van der Waals surface area contributed by atoms with E-state index in [1.54, 1.807) is 6.92 Å². The largest absolute Gasteiger partial charge is 0.393 e. The van der Waals surface area contributed by atoms with E-state index in [2.05, 4.69) is 24.1 Å². The molecule has 4 heteroatoms. The van der Waals surface area contributed by atoms with Gasteiger partial charge in [-0.2, -0.15) is 0 Å². The van der Waals surface area contributed by atoms with Gasteiger partial charge in [-0.15, -0.1) is 0 Å². The minimum absolute atomic E-state index is 0.0473. The summed E-state index contributed by atoms with van der Waals surface area (Å²) in [6.07, 6.45) is 4.13. The number of hydrogen-bond donors (Lipinski definition) is 2. The van der Waals surface area contributed by atoms with Gasteiger partial charge in [-0.05, 0) is 62.3 Å². The molecule has 1 aromatic carbocycles. The molecule has 1 heterocycles. The van der Waals surface area contributed by atoms with Gasteiger partial charge in [-0.25, -0.2) is 0 Å². The molecule has 1 aliphatic rings. The molecule has 0 radical (unpaired) electrons. The third kappa shape index (κ3) is 5.54. The highest BCUT2D eigenvalue weighted by Gasteiger charge is 2.21. The Morgan fingerprint density at radius 1 is 1.22 bits per heavy atom. The SMILES string of the molecule is CC(O)CC(C)(C)CNC(=O)c1ccc(N2CCCCC2)cc1. The lowest BCUT2D eigenvalue weighted by Gasteiger charge is -2.29. The number of aliphatic hydroxyl groups excluding tert-OH is 1. The Morgan fingerprint density at radius 2 is 1.83 bits per heavy atom. The summed E-state index contributed by atoms with van der Waals surface area (Å²) < 4.78 is 0. The van der Waals surface area contributed by atoms with Crippen molar-refractivity contribution in [3.63, 3.8) is 0 Å². The van der Waals surface area contributed by atoms with Crippen molar-refractivity contribution >= 4 is 11.6 Å². The highest BCUT2D eigenvalue weighted by molar-refractivity contribution is 5.94. The maximum absolute atomic E-state index is 12.3. The minimum Gasteiger partial charge on any atom is -0.393 e. The number of carbonyl (C=O) groups is 1. The molecule has 0 aromatic heterocycles. The number of nitrogens with one attached hydrogen (secondary N) is 1. The van der Waals surface area contributed by atoms with Gasteiger partial charge >= 0.3 is 0 Å². The fraction of sp³-hybridized carbons (Fsp3) is 0.632. The summed E-state index contributed by atoms with van der Waals surface area (Å²) in [5.41, 5.74) is 1.78. The number of rotatable bonds is 6. The zero-order chi connectivity index (χ0) is 16.9. The van der Waals surface area contributed by atoms with Crippen molar-refractivity contribution in [3.8, 4) is 0 Å². The average molecular weight is 318 g/mol. The highest BCUT2D eigenvalue weighted by atomic mass is 16.3. The molecule has 1 unspecified atom stereocenters. The van der Waals surface area contributed by atoms with Crippen molar-refractivity contribution in [1.29, 1.82) is 0 Å². The second-order valence-electron chi connectivity index (χ2n) is 7.49. The van der Waals surface area contributed by atoms with E-state index in [0.29, 0.717) is 18.5 Å². The van der Waals surface area contributed by atoms with E-state index in [1.165, 1.54) is 24.9 Å². The van der Waals surface area contributed by atoms with E-state index >= 15 is 0 Å². The Kier molecular flexibility index (Phi) is 6.05. The van der Waals surface area contributed by atoms with Gasteiger partial charge in [0, 0.05) is 30.9 Å². The van der Waals surface area contributed by atoms with Gasteiger partial charge in [0.2, 0.25) is 0 Å².